The Balaban J connectivity index is 2.23. The van der Waals surface area contributed by atoms with E-state index in [4.69, 9.17) is 0 Å². The van der Waals surface area contributed by atoms with Crippen LogP contribution in [0.4, 0.5) is 5.95 Å². The quantitative estimate of drug-likeness (QED) is 0.740. The lowest BCUT2D eigenvalue weighted by Crippen LogP contribution is -2.26. The van der Waals surface area contributed by atoms with Gasteiger partial charge in [0.05, 0.1) is 4.47 Å². The molecular formula is C8H7Br2N3O. The van der Waals surface area contributed by atoms with Crippen molar-refractivity contribution in [2.24, 2.45) is 0 Å². The van der Waals surface area contributed by atoms with E-state index in [1.807, 2.05) is 0 Å². The fourth-order valence-corrected chi connectivity index (χ4v) is 2.07. The summed E-state index contributed by atoms with van der Waals surface area (Å²) in [5.74, 6) is 0.536. The molecule has 14 heavy (non-hydrogen) atoms. The molecule has 1 atom stereocenters. The third-order valence-corrected chi connectivity index (χ3v) is 2.95. The maximum Gasteiger partial charge on any atom is 0.232 e. The van der Waals surface area contributed by atoms with Crippen LogP contribution < -0.4 is 4.90 Å². The Bertz CT molecular complexity index is 354. The number of hydrogen-bond donors (Lipinski definition) is 0. The minimum atomic E-state index is 0.0641. The van der Waals surface area contributed by atoms with E-state index in [0.29, 0.717) is 18.9 Å². The van der Waals surface area contributed by atoms with Gasteiger partial charge in [0.15, 0.2) is 0 Å². The molecular weight excluding hydrogens is 314 g/mol. The molecule has 1 aromatic rings. The summed E-state index contributed by atoms with van der Waals surface area (Å²) in [6.45, 7) is 0.639. The molecule has 1 fully saturated rings. The van der Waals surface area contributed by atoms with Gasteiger partial charge in [0.2, 0.25) is 11.9 Å². The summed E-state index contributed by atoms with van der Waals surface area (Å²) in [6.07, 6.45) is 3.79. The van der Waals surface area contributed by atoms with Crippen LogP contribution in [0.25, 0.3) is 0 Å². The Morgan fingerprint density at radius 2 is 2.07 bits per heavy atom. The molecule has 0 spiro atoms. The van der Waals surface area contributed by atoms with Crippen molar-refractivity contribution in [2.75, 3.05) is 11.4 Å². The standard InChI is InChI=1S/C8H7Br2N3O/c9-5-1-7(14)13(4-5)8-11-2-6(10)3-12-8/h2-3,5H,1,4H2. The Morgan fingerprint density at radius 1 is 1.43 bits per heavy atom. The SMILES string of the molecule is O=C1CC(Br)CN1c1ncc(Br)cn1. The van der Waals surface area contributed by atoms with Gasteiger partial charge in [-0.15, -0.1) is 0 Å². The van der Waals surface area contributed by atoms with Gasteiger partial charge in [-0.3, -0.25) is 9.69 Å². The lowest BCUT2D eigenvalue weighted by Gasteiger charge is -2.12. The molecule has 6 heteroatoms. The van der Waals surface area contributed by atoms with Gasteiger partial charge in [0.1, 0.15) is 0 Å². The molecule has 0 N–H and O–H groups in total. The van der Waals surface area contributed by atoms with Crippen molar-refractivity contribution in [3.05, 3.63) is 16.9 Å². The van der Waals surface area contributed by atoms with Crippen molar-refractivity contribution in [1.82, 2.24) is 9.97 Å². The minimum Gasteiger partial charge on any atom is -0.280 e. The molecule has 1 aromatic heterocycles. The zero-order valence-electron chi connectivity index (χ0n) is 7.15. The highest BCUT2D eigenvalue weighted by Crippen LogP contribution is 2.22. The fraction of sp³-hybridized carbons (Fsp3) is 0.375. The van der Waals surface area contributed by atoms with Gasteiger partial charge in [-0.05, 0) is 15.9 Å². The third kappa shape index (κ3) is 1.95. The number of anilines is 1. The van der Waals surface area contributed by atoms with E-state index in [1.165, 1.54) is 0 Å². The molecule has 2 heterocycles. The first kappa shape index (κ1) is 10.0. The van der Waals surface area contributed by atoms with E-state index in [1.54, 1.807) is 17.3 Å². The molecule has 2 rings (SSSR count). The first-order chi connectivity index (χ1) is 6.66. The van der Waals surface area contributed by atoms with Gasteiger partial charge in [-0.2, -0.15) is 0 Å². The summed E-state index contributed by atoms with van der Waals surface area (Å²) < 4.78 is 0.809. The predicted molar refractivity (Wildman–Crippen MR) is 59.4 cm³/mol. The van der Waals surface area contributed by atoms with Crippen molar-refractivity contribution in [2.45, 2.75) is 11.2 Å². The molecule has 74 valence electrons. The highest BCUT2D eigenvalue weighted by Gasteiger charge is 2.30. The van der Waals surface area contributed by atoms with E-state index in [-0.39, 0.29) is 10.7 Å². The average molecular weight is 321 g/mol. The fourth-order valence-electron chi connectivity index (χ4n) is 1.30. The second-order valence-electron chi connectivity index (χ2n) is 3.01. The van der Waals surface area contributed by atoms with Crippen LogP contribution >= 0.6 is 31.9 Å². The van der Waals surface area contributed by atoms with Crippen LogP contribution in [0.5, 0.6) is 0 Å². The zero-order chi connectivity index (χ0) is 10.1. The molecule has 1 saturated heterocycles. The topological polar surface area (TPSA) is 46.1 Å². The molecule has 1 amide bonds. The Labute approximate surface area is 98.0 Å². The smallest absolute Gasteiger partial charge is 0.232 e. The molecule has 4 nitrogen and oxygen atoms in total. The number of hydrogen-bond acceptors (Lipinski definition) is 3. The first-order valence-corrected chi connectivity index (χ1v) is 5.79. The van der Waals surface area contributed by atoms with Gasteiger partial charge in [-0.1, -0.05) is 15.9 Å². The van der Waals surface area contributed by atoms with E-state index in [2.05, 4.69) is 41.8 Å². The molecule has 0 bridgehead atoms. The van der Waals surface area contributed by atoms with E-state index in [0.717, 1.165) is 4.47 Å². The number of nitrogens with zero attached hydrogens (tertiary/aromatic N) is 3. The van der Waals surface area contributed by atoms with Crippen LogP contribution in [0.15, 0.2) is 16.9 Å². The van der Waals surface area contributed by atoms with Crippen molar-refractivity contribution in [1.29, 1.82) is 0 Å². The molecule has 0 radical (unpaired) electrons. The van der Waals surface area contributed by atoms with Gasteiger partial charge in [0, 0.05) is 30.2 Å². The maximum atomic E-state index is 11.5. The molecule has 1 unspecified atom stereocenters. The number of aromatic nitrogens is 2. The lowest BCUT2D eigenvalue weighted by molar-refractivity contribution is -0.117. The number of rotatable bonds is 1. The van der Waals surface area contributed by atoms with Gasteiger partial charge < -0.3 is 0 Å². The van der Waals surface area contributed by atoms with Crippen molar-refractivity contribution < 1.29 is 4.79 Å². The summed E-state index contributed by atoms with van der Waals surface area (Å²) in [4.78, 5) is 21.4. The Hall–Kier alpha value is -0.490. The second kappa shape index (κ2) is 3.94. The highest BCUT2D eigenvalue weighted by molar-refractivity contribution is 9.10. The Morgan fingerprint density at radius 3 is 2.57 bits per heavy atom. The van der Waals surface area contributed by atoms with Gasteiger partial charge in [-0.25, -0.2) is 9.97 Å². The van der Waals surface area contributed by atoms with Gasteiger partial charge in [0.25, 0.3) is 0 Å². The Kier molecular flexibility index (Phi) is 2.83. The molecule has 1 aliphatic heterocycles. The first-order valence-electron chi connectivity index (χ1n) is 4.09. The number of halogens is 2. The van der Waals surface area contributed by atoms with E-state index < -0.39 is 0 Å². The molecule has 0 aromatic carbocycles. The normalized spacial score (nSPS) is 21.7. The average Bonchev–Trinajstić information content (AvgIpc) is 2.47. The highest BCUT2D eigenvalue weighted by atomic mass is 79.9. The predicted octanol–water partition coefficient (Wildman–Crippen LogP) is 1.74. The van der Waals surface area contributed by atoms with E-state index >= 15 is 0 Å². The number of carbonyl (C=O) groups excluding carboxylic acids is 1. The van der Waals surface area contributed by atoms with Crippen LogP contribution in [-0.2, 0) is 4.79 Å². The summed E-state index contributed by atoms with van der Waals surface area (Å²) in [5, 5.41) is 0. The molecule has 0 saturated carbocycles. The lowest BCUT2D eigenvalue weighted by atomic mass is 10.4. The number of carbonyl (C=O) groups is 1. The van der Waals surface area contributed by atoms with Gasteiger partial charge >= 0.3 is 0 Å². The number of amides is 1. The molecule has 1 aliphatic rings. The van der Waals surface area contributed by atoms with Crippen LogP contribution in [0.3, 0.4) is 0 Å². The monoisotopic (exact) mass is 319 g/mol. The van der Waals surface area contributed by atoms with Crippen LogP contribution in [0.1, 0.15) is 6.42 Å². The minimum absolute atomic E-state index is 0.0641. The van der Waals surface area contributed by atoms with Crippen molar-refractivity contribution in [3.63, 3.8) is 0 Å². The third-order valence-electron chi connectivity index (χ3n) is 1.93. The summed E-state index contributed by atoms with van der Waals surface area (Å²) in [5.41, 5.74) is 0. The number of alkyl halides is 1. The second-order valence-corrected chi connectivity index (χ2v) is 5.22. The maximum absolute atomic E-state index is 11.5. The van der Waals surface area contributed by atoms with Crippen LogP contribution in [-0.4, -0.2) is 27.2 Å². The largest absolute Gasteiger partial charge is 0.280 e. The summed E-state index contributed by atoms with van der Waals surface area (Å²) in [6, 6.07) is 0. The zero-order valence-corrected chi connectivity index (χ0v) is 10.3. The molecule has 0 aliphatic carbocycles. The summed E-state index contributed by atoms with van der Waals surface area (Å²) >= 11 is 6.65. The van der Waals surface area contributed by atoms with Crippen LogP contribution in [0, 0.1) is 0 Å². The summed E-state index contributed by atoms with van der Waals surface area (Å²) in [7, 11) is 0. The van der Waals surface area contributed by atoms with Crippen molar-refractivity contribution >= 4 is 43.7 Å². The van der Waals surface area contributed by atoms with Crippen molar-refractivity contribution in [3.8, 4) is 0 Å². The van der Waals surface area contributed by atoms with E-state index in [9.17, 15) is 4.79 Å². The van der Waals surface area contributed by atoms with Crippen LogP contribution in [0.2, 0.25) is 0 Å².